The molecule has 246 valence electrons. The van der Waals surface area contributed by atoms with E-state index in [-0.39, 0.29) is 0 Å². The van der Waals surface area contributed by atoms with Gasteiger partial charge < -0.3 is 4.57 Å². The molecule has 0 atom stereocenters. The number of benzene rings is 6. The molecule has 52 heavy (non-hydrogen) atoms. The van der Waals surface area contributed by atoms with Gasteiger partial charge in [0.05, 0.1) is 27.8 Å². The minimum Gasteiger partial charge on any atom is -0.309 e. The summed E-state index contributed by atoms with van der Waals surface area (Å²) in [5.74, 6) is 0.920. The molecule has 3 nitrogen and oxygen atoms in total. The summed E-state index contributed by atoms with van der Waals surface area (Å²) in [7, 11) is 0. The van der Waals surface area contributed by atoms with Gasteiger partial charge in [0.1, 0.15) is 5.82 Å². The van der Waals surface area contributed by atoms with Gasteiger partial charge in [-0.3, -0.25) is 4.57 Å². The third-order valence-corrected chi connectivity index (χ3v) is 10.9. The van der Waals surface area contributed by atoms with Crippen LogP contribution >= 0.6 is 0 Å². The zero-order chi connectivity index (χ0) is 35.1. The minimum absolute atomic E-state index is 0.920. The summed E-state index contributed by atoms with van der Waals surface area (Å²) in [5.41, 5.74) is 15.0. The Morgan fingerprint density at radius 3 is 2.02 bits per heavy atom. The van der Waals surface area contributed by atoms with E-state index in [1.54, 1.807) is 0 Å². The van der Waals surface area contributed by atoms with Gasteiger partial charge in [0.2, 0.25) is 0 Å². The zero-order valence-electron chi connectivity index (χ0n) is 29.2. The summed E-state index contributed by atoms with van der Waals surface area (Å²) in [6.07, 6.45) is 8.26. The molecular formula is C49H35N3. The van der Waals surface area contributed by atoms with Crippen LogP contribution in [0.15, 0.2) is 153 Å². The normalized spacial score (nSPS) is 12.8. The van der Waals surface area contributed by atoms with E-state index < -0.39 is 0 Å². The molecular weight excluding hydrogens is 631 g/mol. The highest BCUT2D eigenvalue weighted by Crippen LogP contribution is 2.44. The summed E-state index contributed by atoms with van der Waals surface area (Å²) >= 11 is 0. The predicted octanol–water partition coefficient (Wildman–Crippen LogP) is 13.2. The number of hydrogen-bond donors (Lipinski definition) is 0. The molecule has 1 aliphatic carbocycles. The lowest BCUT2D eigenvalue weighted by molar-refractivity contribution is 1.10. The van der Waals surface area contributed by atoms with Crippen molar-refractivity contribution in [3.05, 3.63) is 175 Å². The van der Waals surface area contributed by atoms with Crippen molar-refractivity contribution in [2.24, 2.45) is 0 Å². The number of rotatable bonds is 6. The van der Waals surface area contributed by atoms with Crippen LogP contribution in [0.25, 0.3) is 100 Å². The van der Waals surface area contributed by atoms with Crippen LogP contribution in [-0.2, 0) is 0 Å². The van der Waals surface area contributed by atoms with E-state index in [0.717, 1.165) is 39.3 Å². The zero-order valence-corrected chi connectivity index (χ0v) is 29.2. The first-order valence-corrected chi connectivity index (χ1v) is 17.8. The van der Waals surface area contributed by atoms with Gasteiger partial charge in [-0.2, -0.15) is 0 Å². The van der Waals surface area contributed by atoms with Gasteiger partial charge >= 0.3 is 0 Å². The second-order valence-corrected chi connectivity index (χ2v) is 13.7. The maximum atomic E-state index is 5.33. The fraction of sp³-hybridized carbons (Fsp3) is 0.0408. The quantitative estimate of drug-likeness (QED) is 0.173. The van der Waals surface area contributed by atoms with Crippen LogP contribution in [0.3, 0.4) is 0 Å². The standard InChI is InChI=1S/C49H35N3/c1-5-14-37-40-26-33(21-23-45(40)51(44(37)7-3)35-17-9-8-10-18-35)34-22-24-46-41(27-34)42-25-31-15-11-12-16-32(31)28-47(42)52(46)48-29-39-30(4)36(6-2)38-19-13-20-43(50-48)49(38)39/h5-29H,2-3H2,1,4H3/b14-5-. The third kappa shape index (κ3) is 4.23. The molecule has 0 spiro atoms. The van der Waals surface area contributed by atoms with Crippen LogP contribution in [0, 0.1) is 0 Å². The van der Waals surface area contributed by atoms with Crippen molar-refractivity contribution >= 4 is 77.7 Å². The van der Waals surface area contributed by atoms with Gasteiger partial charge in [-0.25, -0.2) is 4.98 Å². The summed E-state index contributed by atoms with van der Waals surface area (Å²) in [4.78, 5) is 5.33. The molecule has 6 aromatic carbocycles. The van der Waals surface area contributed by atoms with Crippen LogP contribution in [0.1, 0.15) is 36.2 Å². The van der Waals surface area contributed by atoms with Gasteiger partial charge in [0.15, 0.2) is 0 Å². The number of para-hydroxylation sites is 1. The van der Waals surface area contributed by atoms with Gasteiger partial charge in [-0.1, -0.05) is 98.1 Å². The predicted molar refractivity (Wildman–Crippen MR) is 223 cm³/mol. The summed E-state index contributed by atoms with van der Waals surface area (Å²) in [5, 5.41) is 7.25. The largest absolute Gasteiger partial charge is 0.309 e. The molecule has 0 amide bonds. The first-order valence-electron chi connectivity index (χ1n) is 17.8. The number of pyridine rings is 1. The lowest BCUT2D eigenvalue weighted by Crippen LogP contribution is -1.99. The van der Waals surface area contributed by atoms with Gasteiger partial charge in [0, 0.05) is 32.8 Å². The Hall–Kier alpha value is -6.71. The summed E-state index contributed by atoms with van der Waals surface area (Å²) < 4.78 is 4.66. The molecule has 0 fully saturated rings. The first kappa shape index (κ1) is 30.1. The first-order chi connectivity index (χ1) is 25.6. The van der Waals surface area contributed by atoms with Crippen LogP contribution < -0.4 is 0 Å². The highest BCUT2D eigenvalue weighted by molar-refractivity contribution is 6.17. The lowest BCUT2D eigenvalue weighted by Gasteiger charge is -2.12. The molecule has 0 radical (unpaired) electrons. The Labute approximate surface area is 302 Å². The molecule has 0 bridgehead atoms. The van der Waals surface area contributed by atoms with E-state index in [9.17, 15) is 0 Å². The Bertz CT molecular complexity index is 3050. The SMILES string of the molecule is C=CC1=C(C)c2cc(-n3c4ccc(-c5ccc6c(c5)c(/C=C\C)c(C=C)n6-c5ccccc5)cc4c4cc5ccccc5cc43)nc3cccc1c23. The van der Waals surface area contributed by atoms with Gasteiger partial charge in [-0.05, 0) is 125 Å². The van der Waals surface area contributed by atoms with Crippen molar-refractivity contribution in [3.8, 4) is 22.6 Å². The molecule has 0 saturated heterocycles. The molecule has 0 aliphatic heterocycles. The van der Waals surface area contributed by atoms with E-state index in [1.165, 1.54) is 71.3 Å². The average molecular weight is 666 g/mol. The van der Waals surface area contributed by atoms with Crippen molar-refractivity contribution in [3.63, 3.8) is 0 Å². The molecule has 3 heteroatoms. The molecule has 9 aromatic rings. The molecule has 3 aromatic heterocycles. The highest BCUT2D eigenvalue weighted by Gasteiger charge is 2.24. The van der Waals surface area contributed by atoms with Crippen molar-refractivity contribution in [2.75, 3.05) is 0 Å². The van der Waals surface area contributed by atoms with E-state index in [0.29, 0.717) is 0 Å². The highest BCUT2D eigenvalue weighted by atomic mass is 15.1. The van der Waals surface area contributed by atoms with Gasteiger partial charge in [0.25, 0.3) is 0 Å². The second-order valence-electron chi connectivity index (χ2n) is 13.7. The number of hydrogen-bond acceptors (Lipinski definition) is 1. The lowest BCUT2D eigenvalue weighted by atomic mass is 9.99. The summed E-state index contributed by atoms with van der Waals surface area (Å²) in [6.45, 7) is 12.6. The second kappa shape index (κ2) is 11.4. The van der Waals surface area contributed by atoms with Crippen LogP contribution in [0.2, 0.25) is 0 Å². The van der Waals surface area contributed by atoms with E-state index in [4.69, 9.17) is 4.98 Å². The molecule has 3 heterocycles. The van der Waals surface area contributed by atoms with Crippen molar-refractivity contribution < 1.29 is 0 Å². The number of nitrogens with zero attached hydrogens (tertiary/aromatic N) is 3. The average Bonchev–Trinajstić information content (AvgIpc) is 3.78. The molecule has 0 unspecified atom stereocenters. The smallest absolute Gasteiger partial charge is 0.138 e. The molecule has 1 aliphatic rings. The molecule has 10 rings (SSSR count). The monoisotopic (exact) mass is 665 g/mol. The number of allylic oxidation sites excluding steroid dienone is 4. The Morgan fingerprint density at radius 2 is 1.29 bits per heavy atom. The fourth-order valence-corrected chi connectivity index (χ4v) is 8.56. The topological polar surface area (TPSA) is 22.8 Å². The third-order valence-electron chi connectivity index (χ3n) is 10.9. The van der Waals surface area contributed by atoms with Crippen molar-refractivity contribution in [1.82, 2.24) is 14.1 Å². The maximum Gasteiger partial charge on any atom is 0.138 e. The maximum absolute atomic E-state index is 5.33. The fourth-order valence-electron chi connectivity index (χ4n) is 8.56. The van der Waals surface area contributed by atoms with Crippen LogP contribution in [-0.4, -0.2) is 14.1 Å². The molecule has 0 N–H and O–H groups in total. The molecule has 0 saturated carbocycles. The van der Waals surface area contributed by atoms with Gasteiger partial charge in [-0.15, -0.1) is 0 Å². The van der Waals surface area contributed by atoms with Crippen LogP contribution in [0.5, 0.6) is 0 Å². The van der Waals surface area contributed by atoms with E-state index in [1.807, 2.05) is 12.2 Å². The summed E-state index contributed by atoms with van der Waals surface area (Å²) in [6, 6.07) is 46.3. The minimum atomic E-state index is 0.920. The number of fused-ring (bicyclic) bond motifs is 5. The number of aromatic nitrogens is 3. The van der Waals surface area contributed by atoms with E-state index in [2.05, 4.69) is 176 Å². The van der Waals surface area contributed by atoms with Crippen molar-refractivity contribution in [2.45, 2.75) is 13.8 Å². The Kier molecular flexibility index (Phi) is 6.61. The Morgan fingerprint density at radius 1 is 0.596 bits per heavy atom. The Balaban J connectivity index is 1.23. The van der Waals surface area contributed by atoms with Crippen molar-refractivity contribution in [1.29, 1.82) is 0 Å². The van der Waals surface area contributed by atoms with E-state index >= 15 is 0 Å². The van der Waals surface area contributed by atoms with Crippen LogP contribution in [0.4, 0.5) is 0 Å².